The molecular formula is C14H18N2O. The maximum atomic E-state index is 11.2. The number of hydrogen-bond donors (Lipinski definition) is 1. The summed E-state index contributed by atoms with van der Waals surface area (Å²) in [5, 5.41) is 11.2. The Labute approximate surface area is 102 Å². The van der Waals surface area contributed by atoms with Crippen LogP contribution < -0.4 is 0 Å². The molecule has 1 aromatic rings. The molecule has 1 N–H and O–H groups in total. The van der Waals surface area contributed by atoms with Crippen LogP contribution >= 0.6 is 0 Å². The number of nitrogens with zero attached hydrogens (tertiary/aromatic N) is 2. The van der Waals surface area contributed by atoms with E-state index in [1.807, 2.05) is 44.2 Å². The molecule has 1 saturated heterocycles. The van der Waals surface area contributed by atoms with Crippen molar-refractivity contribution in [2.75, 3.05) is 6.54 Å². The number of aliphatic hydroxyl groups is 1. The van der Waals surface area contributed by atoms with Crippen molar-refractivity contribution < 1.29 is 5.11 Å². The fraction of sp³-hybridized carbons (Fsp3) is 0.500. The molecule has 0 amide bonds. The highest BCUT2D eigenvalue weighted by atomic mass is 16.3. The van der Waals surface area contributed by atoms with Gasteiger partial charge in [-0.3, -0.25) is 4.99 Å². The Morgan fingerprint density at radius 3 is 2.65 bits per heavy atom. The molecule has 1 fully saturated rings. The average molecular weight is 230 g/mol. The predicted octanol–water partition coefficient (Wildman–Crippen LogP) is 2.12. The topological polar surface area (TPSA) is 35.8 Å². The molecular weight excluding hydrogens is 212 g/mol. The van der Waals surface area contributed by atoms with Gasteiger partial charge in [-0.25, -0.2) is 0 Å². The summed E-state index contributed by atoms with van der Waals surface area (Å²) in [6.45, 7) is 4.91. The number of rotatable bonds is 1. The van der Waals surface area contributed by atoms with E-state index in [1.165, 1.54) is 0 Å². The number of aliphatic imine (C=N–C) groups is 1. The van der Waals surface area contributed by atoms with Gasteiger partial charge in [0.1, 0.15) is 11.4 Å². The molecule has 0 radical (unpaired) electrons. The van der Waals surface area contributed by atoms with Gasteiger partial charge in [-0.15, -0.1) is 0 Å². The van der Waals surface area contributed by atoms with Crippen LogP contribution in [0.5, 0.6) is 0 Å². The Morgan fingerprint density at radius 1 is 1.24 bits per heavy atom. The molecule has 0 bridgehead atoms. The molecule has 90 valence electrons. The van der Waals surface area contributed by atoms with Crippen molar-refractivity contribution in [3.8, 4) is 0 Å². The first-order chi connectivity index (χ1) is 8.06. The fourth-order valence-corrected chi connectivity index (χ4v) is 3.03. The third kappa shape index (κ3) is 1.29. The Balaban J connectivity index is 2.13. The number of hydrogen-bond acceptors (Lipinski definition) is 3. The van der Waals surface area contributed by atoms with E-state index in [9.17, 15) is 5.11 Å². The molecule has 0 spiro atoms. The van der Waals surface area contributed by atoms with Crippen LogP contribution in [-0.4, -0.2) is 27.9 Å². The van der Waals surface area contributed by atoms with Gasteiger partial charge in [0.25, 0.3) is 0 Å². The van der Waals surface area contributed by atoms with Crippen molar-refractivity contribution in [2.24, 2.45) is 4.99 Å². The molecule has 1 unspecified atom stereocenters. The van der Waals surface area contributed by atoms with Gasteiger partial charge < -0.3 is 10.0 Å². The molecule has 0 saturated carbocycles. The highest BCUT2D eigenvalue weighted by Crippen LogP contribution is 2.46. The number of fused-ring (bicyclic) bond motifs is 1. The van der Waals surface area contributed by atoms with E-state index in [0.29, 0.717) is 0 Å². The lowest BCUT2D eigenvalue weighted by molar-refractivity contribution is -0.107. The first-order valence-electron chi connectivity index (χ1n) is 6.20. The van der Waals surface area contributed by atoms with Crippen molar-refractivity contribution in [3.05, 3.63) is 35.9 Å². The Bertz CT molecular complexity index is 466. The van der Waals surface area contributed by atoms with Crippen LogP contribution in [0, 0.1) is 0 Å². The zero-order valence-corrected chi connectivity index (χ0v) is 10.3. The summed E-state index contributed by atoms with van der Waals surface area (Å²) in [4.78, 5) is 6.78. The summed E-state index contributed by atoms with van der Waals surface area (Å²) in [5.74, 6) is 1.06. The largest absolute Gasteiger partial charge is 0.365 e. The lowest BCUT2D eigenvalue weighted by Gasteiger charge is -2.41. The molecule has 17 heavy (non-hydrogen) atoms. The van der Waals surface area contributed by atoms with Gasteiger partial charge in [-0.05, 0) is 20.3 Å². The Kier molecular flexibility index (Phi) is 2.11. The minimum atomic E-state index is -0.986. The minimum absolute atomic E-state index is 0.482. The van der Waals surface area contributed by atoms with Crippen molar-refractivity contribution >= 4 is 5.84 Å². The second-order valence-electron chi connectivity index (χ2n) is 5.38. The first-order valence-corrected chi connectivity index (χ1v) is 6.20. The third-order valence-corrected chi connectivity index (χ3v) is 3.92. The van der Waals surface area contributed by atoms with Crippen LogP contribution in [-0.2, 0) is 5.72 Å². The summed E-state index contributed by atoms with van der Waals surface area (Å²) in [5.41, 5.74) is -0.532. The number of amidine groups is 1. The molecule has 3 nitrogen and oxygen atoms in total. The molecule has 3 heteroatoms. The van der Waals surface area contributed by atoms with Gasteiger partial charge in [0, 0.05) is 18.5 Å². The highest BCUT2D eigenvalue weighted by Gasteiger charge is 2.56. The van der Waals surface area contributed by atoms with E-state index < -0.39 is 11.3 Å². The summed E-state index contributed by atoms with van der Waals surface area (Å²) >= 11 is 0. The normalized spacial score (nSPS) is 30.3. The Morgan fingerprint density at radius 2 is 1.94 bits per heavy atom. The molecule has 2 aliphatic rings. The zero-order chi connectivity index (χ0) is 12.1. The van der Waals surface area contributed by atoms with Crippen LogP contribution in [0.2, 0.25) is 0 Å². The lowest BCUT2D eigenvalue weighted by atomic mass is 9.85. The van der Waals surface area contributed by atoms with Crippen molar-refractivity contribution in [3.63, 3.8) is 0 Å². The van der Waals surface area contributed by atoms with Crippen molar-refractivity contribution in [1.29, 1.82) is 0 Å². The smallest absolute Gasteiger partial charge is 0.190 e. The van der Waals surface area contributed by atoms with E-state index in [2.05, 4.69) is 4.90 Å². The van der Waals surface area contributed by atoms with Crippen LogP contribution in [0.1, 0.15) is 32.3 Å². The van der Waals surface area contributed by atoms with Gasteiger partial charge >= 0.3 is 0 Å². The van der Waals surface area contributed by atoms with Gasteiger partial charge in [0.2, 0.25) is 0 Å². The van der Waals surface area contributed by atoms with Crippen molar-refractivity contribution in [2.45, 2.75) is 38.0 Å². The molecule has 0 aromatic heterocycles. The summed E-state index contributed by atoms with van der Waals surface area (Å²) in [6.07, 6.45) is 2.07. The summed E-state index contributed by atoms with van der Waals surface area (Å²) in [7, 11) is 0. The minimum Gasteiger partial charge on any atom is -0.365 e. The fourth-order valence-electron chi connectivity index (χ4n) is 3.03. The summed E-state index contributed by atoms with van der Waals surface area (Å²) < 4.78 is 0. The van der Waals surface area contributed by atoms with Gasteiger partial charge in [-0.2, -0.15) is 0 Å². The molecule has 1 atom stereocenters. The second kappa shape index (κ2) is 3.33. The van der Waals surface area contributed by atoms with Crippen LogP contribution in [0.4, 0.5) is 0 Å². The number of benzene rings is 1. The Hall–Kier alpha value is -1.35. The zero-order valence-electron chi connectivity index (χ0n) is 10.3. The van der Waals surface area contributed by atoms with E-state index in [0.717, 1.165) is 30.8 Å². The predicted molar refractivity (Wildman–Crippen MR) is 67.8 cm³/mol. The monoisotopic (exact) mass is 230 g/mol. The lowest BCUT2D eigenvalue weighted by Crippen LogP contribution is -2.53. The van der Waals surface area contributed by atoms with Crippen LogP contribution in [0.3, 0.4) is 0 Å². The van der Waals surface area contributed by atoms with Crippen LogP contribution in [0.15, 0.2) is 35.3 Å². The van der Waals surface area contributed by atoms with Crippen LogP contribution in [0.25, 0.3) is 0 Å². The molecule has 3 rings (SSSR count). The quantitative estimate of drug-likeness (QED) is 0.802. The van der Waals surface area contributed by atoms with E-state index >= 15 is 0 Å². The average Bonchev–Trinajstić information content (AvgIpc) is 2.82. The molecule has 2 heterocycles. The second-order valence-corrected chi connectivity index (χ2v) is 5.38. The molecule has 2 aliphatic heterocycles. The molecule has 1 aromatic carbocycles. The maximum Gasteiger partial charge on any atom is 0.190 e. The highest BCUT2D eigenvalue weighted by molar-refractivity contribution is 5.87. The van der Waals surface area contributed by atoms with E-state index in [4.69, 9.17) is 4.99 Å². The van der Waals surface area contributed by atoms with Crippen molar-refractivity contribution in [1.82, 2.24) is 4.90 Å². The maximum absolute atomic E-state index is 11.2. The molecule has 0 aliphatic carbocycles. The SMILES string of the molecule is CC1(C)N=C2CCCN2C1(O)c1ccccc1. The van der Waals surface area contributed by atoms with Gasteiger partial charge in [0.05, 0.1) is 0 Å². The van der Waals surface area contributed by atoms with Gasteiger partial charge in [-0.1, -0.05) is 30.3 Å². The third-order valence-electron chi connectivity index (χ3n) is 3.92. The standard InChI is InChI=1S/C14H18N2O/c1-13(2)14(17,11-7-4-3-5-8-11)16-10-6-9-12(16)15-13/h3-5,7-8,17H,6,9-10H2,1-2H3. The summed E-state index contributed by atoms with van der Waals surface area (Å²) in [6, 6.07) is 9.88. The first kappa shape index (κ1) is 10.8. The van der Waals surface area contributed by atoms with E-state index in [1.54, 1.807) is 0 Å². The van der Waals surface area contributed by atoms with Gasteiger partial charge in [0.15, 0.2) is 5.72 Å². The van der Waals surface area contributed by atoms with E-state index in [-0.39, 0.29) is 0 Å².